The number of aliphatic hydroxyl groups is 1. The van der Waals surface area contributed by atoms with Crippen LogP contribution in [0.15, 0.2) is 48.7 Å². The van der Waals surface area contributed by atoms with Crippen LogP contribution in [0.4, 0.5) is 4.39 Å². The molecule has 1 aromatic carbocycles. The minimum absolute atomic E-state index is 0.0602. The summed E-state index contributed by atoms with van der Waals surface area (Å²) < 4.78 is 14.6. The molecular formula is C15H12FN5O2. The Morgan fingerprint density at radius 1 is 1.30 bits per heavy atom. The quantitative estimate of drug-likeness (QED) is 0.426. The Bertz CT molecular complexity index is 837. The van der Waals surface area contributed by atoms with Crippen LogP contribution in [0.2, 0.25) is 0 Å². The molecule has 0 unspecified atom stereocenters. The van der Waals surface area contributed by atoms with E-state index in [9.17, 15) is 14.3 Å². The summed E-state index contributed by atoms with van der Waals surface area (Å²) in [7, 11) is 0. The minimum atomic E-state index is -0.403. The first-order valence-electron chi connectivity index (χ1n) is 6.72. The zero-order valence-corrected chi connectivity index (χ0v) is 11.8. The van der Waals surface area contributed by atoms with Gasteiger partial charge in [-0.1, -0.05) is 12.1 Å². The fourth-order valence-electron chi connectivity index (χ4n) is 2.10. The summed E-state index contributed by atoms with van der Waals surface area (Å²) in [5.41, 5.74) is 1.23. The summed E-state index contributed by atoms with van der Waals surface area (Å²) in [5, 5.41) is 22.5. The topological polar surface area (TPSA) is 96.7 Å². The highest BCUT2D eigenvalue weighted by molar-refractivity contribution is 6.06. The van der Waals surface area contributed by atoms with Gasteiger partial charge in [0.2, 0.25) is 11.6 Å². The summed E-state index contributed by atoms with van der Waals surface area (Å²) >= 11 is 0. The van der Waals surface area contributed by atoms with Gasteiger partial charge >= 0.3 is 0 Å². The second-order valence-corrected chi connectivity index (χ2v) is 4.78. The number of hydrogen-bond acceptors (Lipinski definition) is 5. The van der Waals surface area contributed by atoms with Crippen molar-refractivity contribution in [1.82, 2.24) is 25.2 Å². The van der Waals surface area contributed by atoms with E-state index in [0.717, 1.165) is 11.6 Å². The predicted octanol–water partition coefficient (Wildman–Crippen LogP) is 1.97. The van der Waals surface area contributed by atoms with Gasteiger partial charge in [-0.3, -0.25) is 4.79 Å². The van der Waals surface area contributed by atoms with Crippen LogP contribution in [0.3, 0.4) is 0 Å². The Morgan fingerprint density at radius 3 is 2.78 bits per heavy atom. The Balaban J connectivity index is 1.81. The minimum Gasteiger partial charge on any atom is -0.504 e. The fourth-order valence-corrected chi connectivity index (χ4v) is 2.10. The number of carbonyl (C=O) groups is 1. The Morgan fingerprint density at radius 2 is 2.09 bits per heavy atom. The number of tetrazole rings is 1. The first-order chi connectivity index (χ1) is 11.1. The summed E-state index contributed by atoms with van der Waals surface area (Å²) in [4.78, 5) is 12.3. The lowest BCUT2D eigenvalue weighted by Gasteiger charge is -2.07. The van der Waals surface area contributed by atoms with Crippen LogP contribution < -0.4 is 0 Å². The van der Waals surface area contributed by atoms with Gasteiger partial charge in [-0.05, 0) is 35.0 Å². The number of rotatable bonds is 5. The standard InChI is InChI=1S/C15H12FN5O2/c16-11-5-3-10(4-6-11)9-21-7-1-2-12(21)13(22)8-14(23)15-17-19-20-18-15/h1-8,23H,9H2,(H,17,18,19,20). The van der Waals surface area contributed by atoms with Crippen LogP contribution >= 0.6 is 0 Å². The van der Waals surface area contributed by atoms with E-state index in [-0.39, 0.29) is 17.4 Å². The SMILES string of the molecule is O=C(C=C(O)c1nn[nH]n1)c1cccn1Cc1ccc(F)cc1. The molecule has 0 atom stereocenters. The monoisotopic (exact) mass is 313 g/mol. The lowest BCUT2D eigenvalue weighted by atomic mass is 10.2. The van der Waals surface area contributed by atoms with Crippen LogP contribution in [-0.2, 0) is 6.54 Å². The van der Waals surface area contributed by atoms with Gasteiger partial charge < -0.3 is 9.67 Å². The Labute approximate surface area is 130 Å². The summed E-state index contributed by atoms with van der Waals surface area (Å²) in [5.74, 6) is -1.15. The molecule has 2 N–H and O–H groups in total. The van der Waals surface area contributed by atoms with E-state index in [1.165, 1.54) is 12.1 Å². The average Bonchev–Trinajstić information content (AvgIpc) is 3.20. The van der Waals surface area contributed by atoms with Gasteiger partial charge in [0, 0.05) is 18.8 Å². The van der Waals surface area contributed by atoms with Crippen LogP contribution in [0, 0.1) is 5.82 Å². The molecule has 0 radical (unpaired) electrons. The number of H-pyrrole nitrogens is 1. The third-order valence-electron chi connectivity index (χ3n) is 3.19. The van der Waals surface area contributed by atoms with E-state index < -0.39 is 5.78 Å². The van der Waals surface area contributed by atoms with Gasteiger partial charge in [-0.2, -0.15) is 5.21 Å². The highest BCUT2D eigenvalue weighted by atomic mass is 19.1. The number of aromatic nitrogens is 5. The Kier molecular flexibility index (Phi) is 3.96. The number of nitrogens with zero attached hydrogens (tertiary/aromatic N) is 4. The molecule has 0 bridgehead atoms. The van der Waals surface area contributed by atoms with E-state index in [1.54, 1.807) is 35.0 Å². The third kappa shape index (κ3) is 3.31. The van der Waals surface area contributed by atoms with Crippen LogP contribution in [0.25, 0.3) is 5.76 Å². The zero-order valence-electron chi connectivity index (χ0n) is 11.8. The van der Waals surface area contributed by atoms with E-state index in [0.29, 0.717) is 12.2 Å². The average molecular weight is 313 g/mol. The largest absolute Gasteiger partial charge is 0.504 e. The lowest BCUT2D eigenvalue weighted by molar-refractivity contribution is 0.103. The summed E-state index contributed by atoms with van der Waals surface area (Å²) in [6, 6.07) is 9.37. The molecule has 2 heterocycles. The van der Waals surface area contributed by atoms with Gasteiger partial charge in [0.15, 0.2) is 5.76 Å². The first kappa shape index (κ1) is 14.6. The van der Waals surface area contributed by atoms with Gasteiger partial charge in [0.1, 0.15) is 5.82 Å². The molecule has 0 spiro atoms. The molecule has 3 aromatic rings. The lowest BCUT2D eigenvalue weighted by Crippen LogP contribution is -2.08. The molecule has 0 fully saturated rings. The van der Waals surface area contributed by atoms with E-state index >= 15 is 0 Å². The van der Waals surface area contributed by atoms with Gasteiger partial charge in [-0.15, -0.1) is 10.2 Å². The second kappa shape index (κ2) is 6.22. The van der Waals surface area contributed by atoms with Crippen molar-refractivity contribution in [2.24, 2.45) is 0 Å². The molecule has 0 aliphatic rings. The van der Waals surface area contributed by atoms with Gasteiger partial charge in [0.05, 0.1) is 5.69 Å². The maximum absolute atomic E-state index is 12.9. The molecule has 0 aliphatic heterocycles. The molecule has 0 saturated heterocycles. The smallest absolute Gasteiger partial charge is 0.239 e. The van der Waals surface area contributed by atoms with Crippen molar-refractivity contribution in [3.05, 3.63) is 71.6 Å². The van der Waals surface area contributed by atoms with Crippen molar-refractivity contribution in [3.63, 3.8) is 0 Å². The number of halogens is 1. The van der Waals surface area contributed by atoms with Gasteiger partial charge in [0.25, 0.3) is 0 Å². The number of allylic oxidation sites excluding steroid dienone is 1. The van der Waals surface area contributed by atoms with Crippen LogP contribution in [0.1, 0.15) is 21.9 Å². The number of nitrogens with one attached hydrogen (secondary N) is 1. The Hall–Kier alpha value is -3.29. The van der Waals surface area contributed by atoms with Crippen molar-refractivity contribution in [3.8, 4) is 0 Å². The van der Waals surface area contributed by atoms with Gasteiger partial charge in [-0.25, -0.2) is 4.39 Å². The molecule has 2 aromatic heterocycles. The van der Waals surface area contributed by atoms with Crippen molar-refractivity contribution >= 4 is 11.5 Å². The van der Waals surface area contributed by atoms with Crippen molar-refractivity contribution in [2.75, 3.05) is 0 Å². The van der Waals surface area contributed by atoms with Crippen molar-refractivity contribution < 1.29 is 14.3 Å². The van der Waals surface area contributed by atoms with Crippen molar-refractivity contribution in [2.45, 2.75) is 6.54 Å². The van der Waals surface area contributed by atoms with Crippen LogP contribution in [-0.4, -0.2) is 36.1 Å². The number of benzene rings is 1. The first-order valence-corrected chi connectivity index (χ1v) is 6.72. The molecule has 116 valence electrons. The van der Waals surface area contributed by atoms with Crippen LogP contribution in [0.5, 0.6) is 0 Å². The molecule has 0 saturated carbocycles. The number of ketones is 1. The maximum atomic E-state index is 12.9. The highest BCUT2D eigenvalue weighted by Gasteiger charge is 2.13. The normalized spacial score (nSPS) is 11.6. The molecule has 3 rings (SSSR count). The second-order valence-electron chi connectivity index (χ2n) is 4.78. The molecule has 8 heteroatoms. The predicted molar refractivity (Wildman–Crippen MR) is 79.0 cm³/mol. The zero-order chi connectivity index (χ0) is 16.2. The molecular weight excluding hydrogens is 301 g/mol. The number of aliphatic hydroxyl groups excluding tert-OH is 1. The van der Waals surface area contributed by atoms with E-state index in [1.807, 2.05) is 0 Å². The highest BCUT2D eigenvalue weighted by Crippen LogP contribution is 2.12. The molecule has 0 aliphatic carbocycles. The third-order valence-corrected chi connectivity index (χ3v) is 3.19. The number of aromatic amines is 1. The number of hydrogen-bond donors (Lipinski definition) is 2. The molecule has 0 amide bonds. The van der Waals surface area contributed by atoms with E-state index in [4.69, 9.17) is 0 Å². The van der Waals surface area contributed by atoms with E-state index in [2.05, 4.69) is 20.6 Å². The molecule has 23 heavy (non-hydrogen) atoms. The maximum Gasteiger partial charge on any atom is 0.239 e. The van der Waals surface area contributed by atoms with Crippen molar-refractivity contribution in [1.29, 1.82) is 0 Å². The fraction of sp³-hybridized carbons (Fsp3) is 0.0667. The summed E-state index contributed by atoms with van der Waals surface area (Å²) in [6.45, 7) is 0.408. The summed E-state index contributed by atoms with van der Waals surface area (Å²) in [6.07, 6.45) is 2.76. The molecule has 7 nitrogen and oxygen atoms in total. The number of carbonyl (C=O) groups excluding carboxylic acids is 1.